The predicted octanol–water partition coefficient (Wildman–Crippen LogP) is -6.36. The van der Waals surface area contributed by atoms with Gasteiger partial charge in [0.25, 0.3) is 0 Å². The van der Waals surface area contributed by atoms with Crippen LogP contribution in [0.25, 0.3) is 0 Å². The summed E-state index contributed by atoms with van der Waals surface area (Å²) in [7, 11) is 0. The number of guanidine groups is 2. The molecule has 0 spiro atoms. The van der Waals surface area contributed by atoms with Crippen LogP contribution in [0.3, 0.4) is 0 Å². The lowest BCUT2D eigenvalue weighted by Gasteiger charge is -2.31. The molecule has 0 unspecified atom stereocenters. The fourth-order valence-corrected chi connectivity index (χ4v) is 13.7. The van der Waals surface area contributed by atoms with Gasteiger partial charge in [0.1, 0.15) is 84.3 Å². The zero-order valence-corrected chi connectivity index (χ0v) is 74.3. The number of likely N-dealkylation sites (tertiary alicyclic amines) is 1. The van der Waals surface area contributed by atoms with Crippen LogP contribution in [0.4, 0.5) is 0 Å². The van der Waals surface area contributed by atoms with Gasteiger partial charge in [0.2, 0.25) is 88.6 Å². The number of nitrogens with one attached hydrogen (secondary N) is 17. The zero-order chi connectivity index (χ0) is 97.4. The summed E-state index contributed by atoms with van der Waals surface area (Å²) >= 11 is 0. The van der Waals surface area contributed by atoms with E-state index in [1.807, 2.05) is 0 Å². The monoisotopic (exact) mass is 1840 g/mol. The van der Waals surface area contributed by atoms with Gasteiger partial charge in [0, 0.05) is 45.3 Å². The maximum atomic E-state index is 14.6. The van der Waals surface area contributed by atoms with Crippen LogP contribution in [0.15, 0.2) is 54.6 Å². The van der Waals surface area contributed by atoms with Crippen molar-refractivity contribution in [1.82, 2.24) is 84.7 Å². The molecule has 2 aromatic rings. The predicted molar refractivity (Wildman–Crippen MR) is 471 cm³/mol. The molecule has 1 aliphatic heterocycles. The number of aliphatic hydroxyl groups is 1. The van der Waals surface area contributed by atoms with Crippen LogP contribution >= 0.6 is 0 Å². The minimum Gasteiger partial charge on any atom is -0.508 e. The van der Waals surface area contributed by atoms with Gasteiger partial charge in [-0.25, -0.2) is 4.79 Å². The van der Waals surface area contributed by atoms with Crippen LogP contribution < -0.4 is 114 Å². The first kappa shape index (κ1) is 111. The Balaban J connectivity index is 1.86. The first-order valence-electron chi connectivity index (χ1n) is 43.3. The van der Waals surface area contributed by atoms with E-state index in [2.05, 4.69) is 79.8 Å². The summed E-state index contributed by atoms with van der Waals surface area (Å²) in [4.78, 5) is 248. The number of carboxylic acid groups (broad SMARTS) is 3. The topological polar surface area (TPSA) is 796 Å². The lowest BCUT2D eigenvalue weighted by atomic mass is 10.00. The number of carboxylic acids is 3. The highest BCUT2D eigenvalue weighted by atomic mass is 16.4. The highest BCUT2D eigenvalue weighted by molar-refractivity contribution is 6.01. The number of hydrogen-bond donors (Lipinski definition) is 28. The number of amides is 15. The molecule has 15 amide bonds. The number of hydrogen-bond acceptors (Lipinski definition) is 25. The summed E-state index contributed by atoms with van der Waals surface area (Å²) in [6.45, 7) is 8.17. The minimum absolute atomic E-state index is 0.0102. The number of benzene rings is 2. The number of nitrogens with two attached hydrogens (primary N) is 6. The van der Waals surface area contributed by atoms with E-state index in [1.54, 1.807) is 58.0 Å². The van der Waals surface area contributed by atoms with E-state index < -0.39 is 241 Å². The third kappa shape index (κ3) is 42.3. The lowest BCUT2D eigenvalue weighted by Crippen LogP contribution is -2.61. The number of aliphatic carboxylic acids is 3. The number of rotatable bonds is 62. The Morgan fingerprint density at radius 2 is 0.854 bits per heavy atom. The van der Waals surface area contributed by atoms with Crippen LogP contribution in [-0.4, -0.2) is 279 Å². The summed E-state index contributed by atoms with van der Waals surface area (Å²) < 4.78 is 0. The lowest BCUT2D eigenvalue weighted by molar-refractivity contribution is -0.146. The second kappa shape index (κ2) is 58.5. The van der Waals surface area contributed by atoms with E-state index in [4.69, 9.17) is 45.2 Å². The smallest absolute Gasteiger partial charge is 0.326 e. The molecule has 0 bridgehead atoms. The van der Waals surface area contributed by atoms with Gasteiger partial charge in [-0.05, 0) is 157 Å². The number of nitrogens with zero attached hydrogens (tertiary/aromatic N) is 1. The number of carbonyl (C=O) groups excluding carboxylic acids is 15. The van der Waals surface area contributed by atoms with Crippen molar-refractivity contribution in [3.05, 3.63) is 65.7 Å². The van der Waals surface area contributed by atoms with Crippen molar-refractivity contribution in [2.45, 2.75) is 261 Å². The third-order valence-corrected chi connectivity index (χ3v) is 20.6. The molecule has 1 aliphatic rings. The first-order chi connectivity index (χ1) is 61.4. The van der Waals surface area contributed by atoms with Gasteiger partial charge >= 0.3 is 17.9 Å². The molecule has 130 heavy (non-hydrogen) atoms. The number of phenolic OH excluding ortho intramolecular Hbond substituents is 1. The molecule has 0 radical (unpaired) electrons. The van der Waals surface area contributed by atoms with Crippen LogP contribution in [-0.2, 0) is 99.1 Å². The normalized spacial score (nSPS) is 15.3. The maximum absolute atomic E-state index is 14.6. The molecule has 0 aliphatic carbocycles. The largest absolute Gasteiger partial charge is 0.508 e. The highest BCUT2D eigenvalue weighted by Crippen LogP contribution is 2.22. The Morgan fingerprint density at radius 3 is 1.32 bits per heavy atom. The van der Waals surface area contributed by atoms with Crippen molar-refractivity contribution < 1.29 is 112 Å². The number of phenols is 1. The number of aliphatic hydroxyl groups excluding tert-OH is 1. The number of aromatic hydroxyl groups is 1. The molecule has 2 aromatic carbocycles. The van der Waals surface area contributed by atoms with Gasteiger partial charge in [0.05, 0.1) is 25.6 Å². The quantitative estimate of drug-likeness (QED) is 0.0166. The van der Waals surface area contributed by atoms with Crippen LogP contribution in [0.2, 0.25) is 0 Å². The van der Waals surface area contributed by atoms with E-state index in [0.29, 0.717) is 24.0 Å². The molecule has 0 aromatic heterocycles. The molecular weight excluding hydrogens is 1700 g/mol. The average molecular weight is 1840 g/mol. The van der Waals surface area contributed by atoms with E-state index >= 15 is 0 Å². The number of primary amides is 1. The van der Waals surface area contributed by atoms with E-state index in [0.717, 1.165) is 4.90 Å². The number of unbranched alkanes of at least 4 members (excludes halogenated alkanes) is 2. The van der Waals surface area contributed by atoms with E-state index in [9.17, 15) is 112 Å². The Kier molecular flexibility index (Phi) is 50.1. The van der Waals surface area contributed by atoms with Crippen molar-refractivity contribution >= 4 is 118 Å². The van der Waals surface area contributed by atoms with Gasteiger partial charge in [0.15, 0.2) is 11.9 Å². The fourth-order valence-electron chi connectivity index (χ4n) is 13.7. The van der Waals surface area contributed by atoms with Crippen LogP contribution in [0.1, 0.15) is 175 Å². The third-order valence-electron chi connectivity index (χ3n) is 20.6. The molecule has 47 nitrogen and oxygen atoms in total. The van der Waals surface area contributed by atoms with E-state index in [1.165, 1.54) is 38.1 Å². The second-order valence-corrected chi connectivity index (χ2v) is 32.9. The van der Waals surface area contributed by atoms with Crippen LogP contribution in [0, 0.1) is 28.6 Å². The Hall–Kier alpha value is -12.9. The summed E-state index contributed by atoms with van der Waals surface area (Å²) in [5.74, 6) is -21.4. The molecule has 3 rings (SSSR count). The maximum Gasteiger partial charge on any atom is 0.326 e. The van der Waals surface area contributed by atoms with Crippen LogP contribution in [0.5, 0.6) is 5.75 Å². The van der Waals surface area contributed by atoms with Crippen molar-refractivity contribution in [2.24, 2.45) is 52.2 Å². The zero-order valence-electron chi connectivity index (χ0n) is 74.3. The summed E-state index contributed by atoms with van der Waals surface area (Å²) in [6.07, 6.45) is -2.39. The average Bonchev–Trinajstić information content (AvgIpc) is 1.67. The molecule has 47 heteroatoms. The summed E-state index contributed by atoms with van der Waals surface area (Å²) in [5, 5.41) is 103. The standard InChI is InChI=1S/C83H134N24O23/c1-44(2)37-56(101-77(125)61(43-108)105-72(120)54(29-31-65(112)113)97-75(123)59(40-48-24-26-49(109)27-25-48)103-71(119)53(21-14-34-92-82(88)89)95-68(116)50(86)28-30-63(87)110)73(121)96-51(19-10-12-32-84)69(117)94-42-64(111)106-67(46(5)6)79(127)104-60(41-66(114)115)80(128)107-36-16-23-62(107)78(126)98-52(20-11-13-33-85)70(118)102-58(39-47-17-8-7-9-18-47)76(124)100-57(38-45(3)4)74(122)99-55(81(129)130)22-15-35-93-83(90)91/h7-9,17-18,24-27,44-46,50-62,67,108-109H,10-16,19-23,28-43,84-86H2,1-6H3,(H2,87,110)(H,94,117)(H,95,116)(H,96,121)(H,97,123)(H,98,126)(H,99,122)(H,100,124)(H,101,125)(H,102,118)(H,103,119)(H,104,127)(H,105,120)(H,106,111)(H,112,113)(H,114,115)(H,129,130)(H4,88,89,92)(H4,90,91,93)/t50-,51-,52-,53-,54-,55-,56-,57-,58-,59-,60-,61-,62-,67-/m0/s1. The first-order valence-corrected chi connectivity index (χ1v) is 43.3. The van der Waals surface area contributed by atoms with Crippen molar-refractivity contribution in [1.29, 1.82) is 10.8 Å². The molecule has 14 atom stereocenters. The highest BCUT2D eigenvalue weighted by Gasteiger charge is 2.43. The fraction of sp³-hybridized carbons (Fsp3) is 0.614. The van der Waals surface area contributed by atoms with E-state index in [-0.39, 0.29) is 153 Å². The van der Waals surface area contributed by atoms with Crippen molar-refractivity contribution in [3.63, 3.8) is 0 Å². The molecule has 1 saturated heterocycles. The van der Waals surface area contributed by atoms with Crippen molar-refractivity contribution in [3.8, 4) is 5.75 Å². The summed E-state index contributed by atoms with van der Waals surface area (Å²) in [5.41, 5.74) is 34.5. The molecule has 1 heterocycles. The van der Waals surface area contributed by atoms with Gasteiger partial charge in [-0.2, -0.15) is 0 Å². The van der Waals surface area contributed by atoms with Gasteiger partial charge in [-0.1, -0.05) is 84.0 Å². The molecule has 724 valence electrons. The van der Waals surface area contributed by atoms with Crippen molar-refractivity contribution in [2.75, 3.05) is 45.9 Å². The summed E-state index contributed by atoms with van der Waals surface area (Å²) in [6, 6.07) is -7.77. The molecule has 34 N–H and O–H groups in total. The Labute approximate surface area is 753 Å². The Bertz CT molecular complexity index is 4150. The van der Waals surface area contributed by atoms with Gasteiger partial charge < -0.3 is 145 Å². The molecule has 1 fully saturated rings. The van der Waals surface area contributed by atoms with Gasteiger partial charge in [-0.15, -0.1) is 0 Å². The van der Waals surface area contributed by atoms with Gasteiger partial charge in [-0.3, -0.25) is 92.3 Å². The SMILES string of the molecule is CC(C)C[C@H](NC(=O)[C@H](Cc1ccccc1)NC(=O)[C@H](CCCCN)NC(=O)[C@@H]1CCCN1C(=O)[C@H](CC(=O)O)NC(=O)[C@@H](NC(=O)CNC(=O)[C@H](CCCCN)NC(=O)[C@H](CC(C)C)NC(=O)[C@H](CO)NC(=O)[C@H](CCC(=O)O)NC(=O)[C@H](Cc1ccc(O)cc1)NC(=O)[C@H](CCCNC(=N)N)NC(=O)[C@@H](N)CCC(N)=O)C(C)C)C(=O)N[C@@H](CCCNC(=N)N)C(=O)O. The second-order valence-electron chi connectivity index (χ2n) is 32.9. The molecular formula is C83H134N24O23. The molecule has 0 saturated carbocycles. The number of carbonyl (C=O) groups is 18. The minimum atomic E-state index is -1.94. The Morgan fingerprint density at radius 1 is 0.438 bits per heavy atom.